The molecule has 1 saturated carbocycles. The summed E-state index contributed by atoms with van der Waals surface area (Å²) in [5.74, 6) is 0.210. The summed E-state index contributed by atoms with van der Waals surface area (Å²) in [7, 11) is 0. The molecular formula is C14H19NO2S. The van der Waals surface area contributed by atoms with E-state index in [-0.39, 0.29) is 5.92 Å². The van der Waals surface area contributed by atoms with Crippen molar-refractivity contribution in [1.82, 2.24) is 0 Å². The number of carboxylic acids is 1. The summed E-state index contributed by atoms with van der Waals surface area (Å²) in [5, 5.41) is 9.23. The Morgan fingerprint density at radius 1 is 1.44 bits per heavy atom. The molecule has 98 valence electrons. The minimum absolute atomic E-state index is 0.117. The Balaban J connectivity index is 1.85. The first kappa shape index (κ1) is 13.4. The van der Waals surface area contributed by atoms with Gasteiger partial charge in [-0.25, -0.2) is 0 Å². The quantitative estimate of drug-likeness (QED) is 0.804. The van der Waals surface area contributed by atoms with Crippen molar-refractivity contribution >= 4 is 17.7 Å². The van der Waals surface area contributed by atoms with Crippen LogP contribution in [0.15, 0.2) is 35.2 Å². The maximum absolute atomic E-state index is 11.2. The zero-order valence-electron chi connectivity index (χ0n) is 10.3. The predicted molar refractivity (Wildman–Crippen MR) is 73.7 cm³/mol. The number of rotatable bonds is 5. The molecule has 2 atom stereocenters. The molecule has 0 bridgehead atoms. The lowest BCUT2D eigenvalue weighted by Gasteiger charge is -2.26. The predicted octanol–water partition coefficient (Wildman–Crippen LogP) is 2.75. The molecule has 0 amide bonds. The van der Waals surface area contributed by atoms with Crippen LogP contribution in [0.2, 0.25) is 0 Å². The van der Waals surface area contributed by atoms with Crippen LogP contribution < -0.4 is 5.73 Å². The number of carbonyl (C=O) groups is 1. The molecule has 2 unspecified atom stereocenters. The Kier molecular flexibility index (Phi) is 4.30. The van der Waals surface area contributed by atoms with Gasteiger partial charge in [-0.1, -0.05) is 24.6 Å². The van der Waals surface area contributed by atoms with Gasteiger partial charge in [0.25, 0.3) is 0 Å². The molecule has 3 nitrogen and oxygen atoms in total. The van der Waals surface area contributed by atoms with Crippen LogP contribution in [0.3, 0.4) is 0 Å². The minimum Gasteiger partial charge on any atom is -0.480 e. The Morgan fingerprint density at radius 3 is 2.83 bits per heavy atom. The largest absolute Gasteiger partial charge is 0.480 e. The highest BCUT2D eigenvalue weighted by molar-refractivity contribution is 7.99. The highest BCUT2D eigenvalue weighted by Crippen LogP contribution is 2.37. The fourth-order valence-electron chi connectivity index (χ4n) is 2.62. The van der Waals surface area contributed by atoms with E-state index >= 15 is 0 Å². The van der Waals surface area contributed by atoms with Crippen molar-refractivity contribution in [3.63, 3.8) is 0 Å². The van der Waals surface area contributed by atoms with Gasteiger partial charge in [0, 0.05) is 4.90 Å². The van der Waals surface area contributed by atoms with Crippen molar-refractivity contribution < 1.29 is 9.90 Å². The zero-order valence-corrected chi connectivity index (χ0v) is 11.2. The highest BCUT2D eigenvalue weighted by atomic mass is 32.2. The van der Waals surface area contributed by atoms with E-state index in [4.69, 9.17) is 5.73 Å². The van der Waals surface area contributed by atoms with Gasteiger partial charge in [0.05, 0.1) is 0 Å². The zero-order chi connectivity index (χ0) is 13.0. The molecule has 3 N–H and O–H groups in total. The van der Waals surface area contributed by atoms with Gasteiger partial charge in [0.15, 0.2) is 0 Å². The fourth-order valence-corrected chi connectivity index (χ4v) is 3.61. The van der Waals surface area contributed by atoms with Crippen molar-refractivity contribution in [2.45, 2.75) is 36.1 Å². The van der Waals surface area contributed by atoms with Gasteiger partial charge in [-0.05, 0) is 43.1 Å². The van der Waals surface area contributed by atoms with Gasteiger partial charge < -0.3 is 10.8 Å². The standard InChI is InChI=1S/C14H19NO2S/c15-14(13(16)17)9-4-5-11(14)8-10-18-12-6-2-1-3-7-12/h1-3,6-7,11H,4-5,8-10,15H2,(H,16,17). The van der Waals surface area contributed by atoms with Crippen LogP contribution in [0.5, 0.6) is 0 Å². The molecule has 1 aliphatic rings. The van der Waals surface area contributed by atoms with Crippen LogP contribution >= 0.6 is 11.8 Å². The maximum Gasteiger partial charge on any atom is 0.323 e. The van der Waals surface area contributed by atoms with E-state index in [9.17, 15) is 9.90 Å². The van der Waals surface area contributed by atoms with Gasteiger partial charge >= 0.3 is 5.97 Å². The lowest BCUT2D eigenvalue weighted by Crippen LogP contribution is -2.51. The van der Waals surface area contributed by atoms with Crippen LogP contribution in [0.4, 0.5) is 0 Å². The van der Waals surface area contributed by atoms with Crippen LogP contribution in [0.25, 0.3) is 0 Å². The van der Waals surface area contributed by atoms with E-state index in [1.807, 2.05) is 18.2 Å². The number of benzene rings is 1. The Labute approximate surface area is 112 Å². The van der Waals surface area contributed by atoms with Gasteiger partial charge in [0.1, 0.15) is 5.54 Å². The number of carboxylic acid groups (broad SMARTS) is 1. The van der Waals surface area contributed by atoms with E-state index in [1.54, 1.807) is 11.8 Å². The molecule has 1 aliphatic carbocycles. The van der Waals surface area contributed by atoms with Crippen molar-refractivity contribution in [1.29, 1.82) is 0 Å². The summed E-state index contributed by atoms with van der Waals surface area (Å²) < 4.78 is 0. The summed E-state index contributed by atoms with van der Waals surface area (Å²) in [6.07, 6.45) is 3.37. The Morgan fingerprint density at radius 2 is 2.17 bits per heavy atom. The smallest absolute Gasteiger partial charge is 0.323 e. The van der Waals surface area contributed by atoms with E-state index in [1.165, 1.54) is 4.90 Å². The number of nitrogens with two attached hydrogens (primary N) is 1. The van der Waals surface area contributed by atoms with Gasteiger partial charge in [-0.3, -0.25) is 4.79 Å². The van der Waals surface area contributed by atoms with Crippen LogP contribution in [-0.2, 0) is 4.79 Å². The topological polar surface area (TPSA) is 63.3 Å². The summed E-state index contributed by atoms with van der Waals surface area (Å²) >= 11 is 1.77. The second-order valence-electron chi connectivity index (χ2n) is 4.88. The average molecular weight is 265 g/mol. The Bertz CT molecular complexity index is 410. The molecule has 18 heavy (non-hydrogen) atoms. The molecule has 2 rings (SSSR count). The van der Waals surface area contributed by atoms with E-state index in [0.717, 1.165) is 25.0 Å². The lowest BCUT2D eigenvalue weighted by atomic mass is 9.86. The second-order valence-corrected chi connectivity index (χ2v) is 6.05. The molecule has 0 aliphatic heterocycles. The molecule has 0 aromatic heterocycles. The first-order valence-corrected chi connectivity index (χ1v) is 7.31. The molecule has 0 heterocycles. The first-order valence-electron chi connectivity index (χ1n) is 6.33. The monoisotopic (exact) mass is 265 g/mol. The average Bonchev–Trinajstić information content (AvgIpc) is 2.74. The molecule has 0 radical (unpaired) electrons. The molecule has 1 fully saturated rings. The van der Waals surface area contributed by atoms with E-state index < -0.39 is 11.5 Å². The van der Waals surface area contributed by atoms with Crippen LogP contribution in [-0.4, -0.2) is 22.4 Å². The third-order valence-electron chi connectivity index (χ3n) is 3.75. The van der Waals surface area contributed by atoms with Gasteiger partial charge in [-0.2, -0.15) is 0 Å². The third kappa shape index (κ3) is 2.87. The summed E-state index contributed by atoms with van der Waals surface area (Å²) in [6, 6.07) is 10.2. The fraction of sp³-hybridized carbons (Fsp3) is 0.500. The molecule has 1 aromatic rings. The normalized spacial score (nSPS) is 27.3. The third-order valence-corrected chi connectivity index (χ3v) is 4.79. The first-order chi connectivity index (χ1) is 8.63. The lowest BCUT2D eigenvalue weighted by molar-refractivity contribution is -0.144. The number of aliphatic carboxylic acids is 1. The maximum atomic E-state index is 11.2. The molecule has 0 saturated heterocycles. The summed E-state index contributed by atoms with van der Waals surface area (Å²) in [4.78, 5) is 12.5. The van der Waals surface area contributed by atoms with Gasteiger partial charge in [-0.15, -0.1) is 11.8 Å². The van der Waals surface area contributed by atoms with Crippen molar-refractivity contribution in [2.75, 3.05) is 5.75 Å². The SMILES string of the molecule is NC1(C(=O)O)CCCC1CCSc1ccccc1. The molecular weight excluding hydrogens is 246 g/mol. The van der Waals surface area contributed by atoms with Gasteiger partial charge in [0.2, 0.25) is 0 Å². The van der Waals surface area contributed by atoms with E-state index in [2.05, 4.69) is 12.1 Å². The second kappa shape index (κ2) is 5.76. The number of hydrogen-bond acceptors (Lipinski definition) is 3. The summed E-state index contributed by atoms with van der Waals surface area (Å²) in [5.41, 5.74) is 5.03. The van der Waals surface area contributed by atoms with Crippen molar-refractivity contribution in [3.05, 3.63) is 30.3 Å². The molecule has 0 spiro atoms. The van der Waals surface area contributed by atoms with Crippen molar-refractivity contribution in [3.8, 4) is 0 Å². The molecule has 4 heteroatoms. The minimum atomic E-state index is -0.989. The highest BCUT2D eigenvalue weighted by Gasteiger charge is 2.45. The Hall–Kier alpha value is -1.00. The van der Waals surface area contributed by atoms with Crippen LogP contribution in [0, 0.1) is 5.92 Å². The van der Waals surface area contributed by atoms with E-state index in [0.29, 0.717) is 6.42 Å². The summed E-state index contributed by atoms with van der Waals surface area (Å²) in [6.45, 7) is 0. The van der Waals surface area contributed by atoms with Crippen molar-refractivity contribution in [2.24, 2.45) is 11.7 Å². The number of hydrogen-bond donors (Lipinski definition) is 2. The van der Waals surface area contributed by atoms with Crippen LogP contribution in [0.1, 0.15) is 25.7 Å². The number of thioether (sulfide) groups is 1. The molecule has 1 aromatic carbocycles.